The molecule has 2 N–H and O–H groups in total. The van der Waals surface area contributed by atoms with Crippen LogP contribution in [-0.2, 0) is 9.59 Å². The molecule has 0 aliphatic heterocycles. The van der Waals surface area contributed by atoms with Crippen molar-refractivity contribution in [2.24, 2.45) is 0 Å². The number of allylic oxidation sites excluding steroid dienone is 2. The number of aliphatic hydroxyl groups excluding tert-OH is 1. The molecule has 1 amide bonds. The van der Waals surface area contributed by atoms with E-state index in [-0.39, 0.29) is 55.2 Å². The van der Waals surface area contributed by atoms with Crippen molar-refractivity contribution in [2.75, 3.05) is 32.8 Å². The van der Waals surface area contributed by atoms with Gasteiger partial charge in [0.2, 0.25) is 5.91 Å². The molecule has 0 aliphatic rings. The topological polar surface area (TPSA) is 92.7 Å². The molecule has 176 valence electrons. The maximum atomic E-state index is 11.8. The molecule has 0 saturated carbocycles. The zero-order valence-electron chi connectivity index (χ0n) is 20.2. The van der Waals surface area contributed by atoms with E-state index in [1.807, 2.05) is 0 Å². The molecule has 7 heteroatoms. The Kier molecular flexibility index (Phi) is 27.3. The van der Waals surface area contributed by atoms with Gasteiger partial charge in [-0.25, -0.2) is 0 Å². The van der Waals surface area contributed by atoms with Crippen LogP contribution in [0.2, 0.25) is 0 Å². The molecule has 0 aliphatic carbocycles. The predicted molar refractivity (Wildman–Crippen MR) is 121 cm³/mol. The molecule has 0 aromatic rings. The van der Waals surface area contributed by atoms with Crippen molar-refractivity contribution >= 4 is 11.9 Å². The fraction of sp³-hybridized carbons (Fsp3) is 0.833. The largest absolute Gasteiger partial charge is 1.00 e. The van der Waals surface area contributed by atoms with Gasteiger partial charge in [0.05, 0.1) is 12.6 Å². The predicted octanol–water partition coefficient (Wildman–Crippen LogP) is 0.188. The number of hydrogen-bond donors (Lipinski definition) is 2. The third-order valence-corrected chi connectivity index (χ3v) is 5.18. The summed E-state index contributed by atoms with van der Waals surface area (Å²) in [4.78, 5) is 24.0. The number of rotatable bonds is 22. The van der Waals surface area contributed by atoms with Gasteiger partial charge in [-0.1, -0.05) is 70.4 Å². The van der Waals surface area contributed by atoms with E-state index in [1.165, 1.54) is 57.8 Å². The number of hydrogen-bond acceptors (Lipinski definition) is 5. The number of nitrogens with one attached hydrogen (secondary N) is 1. The van der Waals surface area contributed by atoms with Crippen molar-refractivity contribution in [1.82, 2.24) is 10.2 Å². The van der Waals surface area contributed by atoms with Crippen LogP contribution >= 0.6 is 0 Å². The summed E-state index contributed by atoms with van der Waals surface area (Å²) in [6.07, 6.45) is 21.2. The number of nitrogens with zero attached hydrogens (tertiary/aromatic N) is 1. The molecule has 0 bridgehead atoms. The smallest absolute Gasteiger partial charge is 0.549 e. The quantitative estimate of drug-likeness (QED) is 0.140. The van der Waals surface area contributed by atoms with Crippen LogP contribution in [0.5, 0.6) is 0 Å². The Morgan fingerprint density at radius 1 is 0.871 bits per heavy atom. The fourth-order valence-corrected chi connectivity index (χ4v) is 3.39. The van der Waals surface area contributed by atoms with E-state index in [1.54, 1.807) is 4.90 Å². The number of carboxylic acid groups (broad SMARTS) is 1. The summed E-state index contributed by atoms with van der Waals surface area (Å²) in [6.45, 7) is 2.95. The van der Waals surface area contributed by atoms with E-state index in [2.05, 4.69) is 24.4 Å². The Bertz CT molecular complexity index is 447. The molecule has 0 saturated heterocycles. The molecule has 0 unspecified atom stereocenters. The minimum Gasteiger partial charge on any atom is -0.549 e. The van der Waals surface area contributed by atoms with Gasteiger partial charge >= 0.3 is 29.6 Å². The number of aliphatic hydroxyl groups is 1. The van der Waals surface area contributed by atoms with Gasteiger partial charge in [0.15, 0.2) is 0 Å². The Morgan fingerprint density at radius 3 is 1.97 bits per heavy atom. The average molecular weight is 449 g/mol. The van der Waals surface area contributed by atoms with Gasteiger partial charge in [0.25, 0.3) is 0 Å². The summed E-state index contributed by atoms with van der Waals surface area (Å²) < 4.78 is 0. The van der Waals surface area contributed by atoms with E-state index < -0.39 is 5.97 Å². The molecule has 0 atom stereocenters. The second-order valence-corrected chi connectivity index (χ2v) is 8.06. The van der Waals surface area contributed by atoms with Gasteiger partial charge in [-0.15, -0.1) is 0 Å². The maximum absolute atomic E-state index is 11.8. The molecular weight excluding hydrogens is 403 g/mol. The molecule has 0 radical (unpaired) electrons. The zero-order valence-corrected chi connectivity index (χ0v) is 22.2. The molecule has 31 heavy (non-hydrogen) atoms. The maximum Gasteiger partial charge on any atom is 1.00 e. The molecule has 0 spiro atoms. The van der Waals surface area contributed by atoms with Crippen molar-refractivity contribution in [3.63, 3.8) is 0 Å². The van der Waals surface area contributed by atoms with E-state index in [9.17, 15) is 14.7 Å². The minimum absolute atomic E-state index is 0. The molecule has 0 aromatic carbocycles. The van der Waals surface area contributed by atoms with Crippen LogP contribution in [0.4, 0.5) is 0 Å². The summed E-state index contributed by atoms with van der Waals surface area (Å²) in [5.74, 6) is -1.17. The van der Waals surface area contributed by atoms with Crippen LogP contribution in [0.25, 0.3) is 0 Å². The standard InChI is InChI=1S/C24H46N2O4.Na/c1-2-3-4-5-6-7-8-9-10-11-12-13-14-15-16-17-23(28)25-18-19-26(20-21-27)22-24(29)30;/h9-10,27H,2-8,11-22H2,1H3,(H,25,28)(H,29,30);/q;+1/p-1/b10-9-;. The van der Waals surface area contributed by atoms with Crippen molar-refractivity contribution in [3.05, 3.63) is 12.2 Å². The second-order valence-electron chi connectivity index (χ2n) is 8.06. The van der Waals surface area contributed by atoms with E-state index in [4.69, 9.17) is 5.11 Å². The van der Waals surface area contributed by atoms with Gasteiger partial charge in [0.1, 0.15) is 0 Å². The van der Waals surface area contributed by atoms with Crippen molar-refractivity contribution in [2.45, 2.75) is 96.8 Å². The van der Waals surface area contributed by atoms with E-state index in [0.717, 1.165) is 25.7 Å². The number of carboxylic acids is 1. The van der Waals surface area contributed by atoms with Crippen LogP contribution in [0, 0.1) is 0 Å². The first-order chi connectivity index (χ1) is 14.6. The van der Waals surface area contributed by atoms with Crippen LogP contribution in [0.3, 0.4) is 0 Å². The summed E-state index contributed by atoms with van der Waals surface area (Å²) in [7, 11) is 0. The van der Waals surface area contributed by atoms with Crippen LogP contribution in [-0.4, -0.2) is 54.7 Å². The Balaban J connectivity index is 0. The SMILES string of the molecule is CCCCCCCC/C=C\CCCCCCCC(=O)NCCN(CCO)CC(=O)[O-].[Na+]. The molecule has 0 rings (SSSR count). The van der Waals surface area contributed by atoms with Crippen molar-refractivity contribution in [3.8, 4) is 0 Å². The minimum atomic E-state index is -1.18. The second kappa shape index (κ2) is 25.9. The zero-order chi connectivity index (χ0) is 22.3. The van der Waals surface area contributed by atoms with Gasteiger partial charge in [-0.3, -0.25) is 9.69 Å². The third-order valence-electron chi connectivity index (χ3n) is 5.18. The Hall–Kier alpha value is -0.400. The van der Waals surface area contributed by atoms with Gasteiger partial charge in [-0.05, 0) is 32.1 Å². The number of amides is 1. The average Bonchev–Trinajstić information content (AvgIpc) is 2.70. The number of aliphatic carboxylic acids is 1. The summed E-state index contributed by atoms with van der Waals surface area (Å²) in [5.41, 5.74) is 0. The first-order valence-electron chi connectivity index (χ1n) is 12.0. The number of unbranched alkanes of at least 4 members (excludes halogenated alkanes) is 11. The number of carbonyl (C=O) groups is 2. The van der Waals surface area contributed by atoms with Crippen LogP contribution in [0.1, 0.15) is 96.8 Å². The van der Waals surface area contributed by atoms with Crippen molar-refractivity contribution < 1.29 is 49.4 Å². The van der Waals surface area contributed by atoms with E-state index in [0.29, 0.717) is 19.5 Å². The fourth-order valence-electron chi connectivity index (χ4n) is 3.39. The summed E-state index contributed by atoms with van der Waals surface area (Å²) in [6, 6.07) is 0. The molecular formula is C24H45N2NaO4. The third kappa shape index (κ3) is 25.7. The first-order valence-corrected chi connectivity index (χ1v) is 12.0. The monoisotopic (exact) mass is 448 g/mol. The summed E-state index contributed by atoms with van der Waals surface area (Å²) in [5, 5.41) is 22.3. The van der Waals surface area contributed by atoms with E-state index >= 15 is 0 Å². The number of carbonyl (C=O) groups excluding carboxylic acids is 2. The van der Waals surface area contributed by atoms with Gasteiger partial charge < -0.3 is 20.3 Å². The van der Waals surface area contributed by atoms with Gasteiger partial charge in [0, 0.05) is 32.6 Å². The van der Waals surface area contributed by atoms with Crippen LogP contribution < -0.4 is 40.0 Å². The summed E-state index contributed by atoms with van der Waals surface area (Å²) >= 11 is 0. The molecule has 0 heterocycles. The normalized spacial score (nSPS) is 11.1. The van der Waals surface area contributed by atoms with Crippen molar-refractivity contribution in [1.29, 1.82) is 0 Å². The first kappa shape index (κ1) is 32.8. The molecule has 0 fully saturated rings. The van der Waals surface area contributed by atoms with Crippen LogP contribution in [0.15, 0.2) is 12.2 Å². The molecule has 0 aromatic heterocycles. The van der Waals surface area contributed by atoms with Gasteiger partial charge in [-0.2, -0.15) is 0 Å². The molecule has 6 nitrogen and oxygen atoms in total. The Labute approximate surface area is 212 Å². The Morgan fingerprint density at radius 2 is 1.42 bits per heavy atom.